The number of carbonyl (C=O) groups is 2. The molecule has 0 saturated carbocycles. The van der Waals surface area contributed by atoms with Crippen LogP contribution in [0.2, 0.25) is 5.02 Å². The van der Waals surface area contributed by atoms with Gasteiger partial charge in [-0.05, 0) is 60.6 Å². The standard InChI is InChI=1S/C19H20ClN3O4S/c1-2-13-3-7-15(8-4-13)26-11-17(24)21-19(28)23-22-18(25)12-27-16-9-5-14(20)6-10-16/h3-10H,2,11-12H2,1H3,(H,22,25)(H2,21,23,24,28). The Morgan fingerprint density at radius 2 is 1.43 bits per heavy atom. The number of hydrogen-bond acceptors (Lipinski definition) is 5. The molecule has 0 atom stereocenters. The van der Waals surface area contributed by atoms with Gasteiger partial charge in [-0.1, -0.05) is 30.7 Å². The van der Waals surface area contributed by atoms with Crippen LogP contribution in [-0.2, 0) is 16.0 Å². The summed E-state index contributed by atoms with van der Waals surface area (Å²) < 4.78 is 10.7. The molecule has 0 radical (unpaired) electrons. The summed E-state index contributed by atoms with van der Waals surface area (Å²) in [6.07, 6.45) is 0.928. The van der Waals surface area contributed by atoms with Crippen LogP contribution >= 0.6 is 23.8 Å². The molecular weight excluding hydrogens is 402 g/mol. The molecule has 0 saturated heterocycles. The summed E-state index contributed by atoms with van der Waals surface area (Å²) in [6, 6.07) is 14.0. The maximum absolute atomic E-state index is 11.8. The van der Waals surface area contributed by atoms with E-state index < -0.39 is 11.8 Å². The van der Waals surface area contributed by atoms with Crippen molar-refractivity contribution in [1.82, 2.24) is 16.2 Å². The monoisotopic (exact) mass is 421 g/mol. The lowest BCUT2D eigenvalue weighted by Crippen LogP contribution is -2.50. The second kappa shape index (κ2) is 11.1. The highest BCUT2D eigenvalue weighted by molar-refractivity contribution is 7.80. The lowest BCUT2D eigenvalue weighted by Gasteiger charge is -2.12. The molecule has 7 nitrogen and oxygen atoms in total. The molecule has 0 unspecified atom stereocenters. The minimum atomic E-state index is -0.473. The second-order valence-electron chi connectivity index (χ2n) is 5.58. The fourth-order valence-corrected chi connectivity index (χ4v) is 2.30. The molecule has 2 amide bonds. The third-order valence-corrected chi connectivity index (χ3v) is 3.91. The fourth-order valence-electron chi connectivity index (χ4n) is 2.01. The molecule has 0 aromatic heterocycles. The first-order valence-corrected chi connectivity index (χ1v) is 9.23. The van der Waals surface area contributed by atoms with Crippen molar-refractivity contribution in [1.29, 1.82) is 0 Å². The lowest BCUT2D eigenvalue weighted by atomic mass is 10.2. The first kappa shape index (κ1) is 21.5. The van der Waals surface area contributed by atoms with Crippen LogP contribution in [0.25, 0.3) is 0 Å². The highest BCUT2D eigenvalue weighted by atomic mass is 35.5. The van der Waals surface area contributed by atoms with Crippen LogP contribution in [0.4, 0.5) is 0 Å². The number of benzene rings is 2. The van der Waals surface area contributed by atoms with Crippen molar-refractivity contribution in [3.8, 4) is 11.5 Å². The largest absolute Gasteiger partial charge is 0.484 e. The predicted octanol–water partition coefficient (Wildman–Crippen LogP) is 2.38. The minimum absolute atomic E-state index is 0.0604. The maximum Gasteiger partial charge on any atom is 0.276 e. The molecule has 28 heavy (non-hydrogen) atoms. The van der Waals surface area contributed by atoms with E-state index in [-0.39, 0.29) is 18.3 Å². The highest BCUT2D eigenvalue weighted by Gasteiger charge is 2.08. The Kier molecular flexibility index (Phi) is 8.51. The van der Waals surface area contributed by atoms with Crippen molar-refractivity contribution in [2.75, 3.05) is 13.2 Å². The Bertz CT molecular complexity index is 813. The summed E-state index contributed by atoms with van der Waals surface area (Å²) in [6.45, 7) is 1.61. The third kappa shape index (κ3) is 7.81. The van der Waals surface area contributed by atoms with Gasteiger partial charge in [-0.3, -0.25) is 25.8 Å². The van der Waals surface area contributed by atoms with E-state index in [1.165, 1.54) is 5.56 Å². The van der Waals surface area contributed by atoms with Gasteiger partial charge in [0.15, 0.2) is 18.3 Å². The summed E-state index contributed by atoms with van der Waals surface area (Å²) >= 11 is 10.7. The number of hydrogen-bond donors (Lipinski definition) is 3. The van der Waals surface area contributed by atoms with Crippen molar-refractivity contribution in [2.45, 2.75) is 13.3 Å². The van der Waals surface area contributed by atoms with E-state index in [9.17, 15) is 9.59 Å². The summed E-state index contributed by atoms with van der Waals surface area (Å²) in [7, 11) is 0. The zero-order valence-electron chi connectivity index (χ0n) is 15.2. The molecule has 2 aromatic rings. The van der Waals surface area contributed by atoms with Gasteiger partial charge in [-0.15, -0.1) is 0 Å². The van der Waals surface area contributed by atoms with Crippen LogP contribution in [0.5, 0.6) is 11.5 Å². The molecule has 3 N–H and O–H groups in total. The van der Waals surface area contributed by atoms with Crippen LogP contribution in [0.1, 0.15) is 12.5 Å². The van der Waals surface area contributed by atoms with Gasteiger partial charge < -0.3 is 9.47 Å². The average Bonchev–Trinajstić information content (AvgIpc) is 2.70. The van der Waals surface area contributed by atoms with Gasteiger partial charge in [0.2, 0.25) is 0 Å². The molecule has 0 aliphatic heterocycles. The molecule has 0 aliphatic carbocycles. The normalized spacial score (nSPS) is 9.93. The van der Waals surface area contributed by atoms with Crippen LogP contribution in [0.3, 0.4) is 0 Å². The first-order valence-electron chi connectivity index (χ1n) is 8.45. The molecule has 0 heterocycles. The number of rotatable bonds is 7. The molecule has 0 fully saturated rings. The molecule has 148 valence electrons. The van der Waals surface area contributed by atoms with Crippen LogP contribution in [0.15, 0.2) is 48.5 Å². The Hall–Kier alpha value is -2.84. The van der Waals surface area contributed by atoms with Crippen molar-refractivity contribution in [3.63, 3.8) is 0 Å². The van der Waals surface area contributed by atoms with Crippen molar-refractivity contribution in [3.05, 3.63) is 59.1 Å². The smallest absolute Gasteiger partial charge is 0.276 e. The van der Waals surface area contributed by atoms with Gasteiger partial charge in [-0.25, -0.2) is 0 Å². The maximum atomic E-state index is 11.8. The number of hydrazine groups is 1. The van der Waals surface area contributed by atoms with Crippen molar-refractivity contribution >= 4 is 40.7 Å². The SMILES string of the molecule is CCc1ccc(OCC(=O)NC(=S)NNC(=O)COc2ccc(Cl)cc2)cc1. The summed E-state index contributed by atoms with van der Waals surface area (Å²) in [4.78, 5) is 23.5. The number of thiocarbonyl (C=S) groups is 1. The molecule has 0 bridgehead atoms. The van der Waals surface area contributed by atoms with E-state index in [0.29, 0.717) is 16.5 Å². The van der Waals surface area contributed by atoms with Crippen LogP contribution in [-0.4, -0.2) is 30.1 Å². The van der Waals surface area contributed by atoms with Gasteiger partial charge in [0.05, 0.1) is 0 Å². The minimum Gasteiger partial charge on any atom is -0.484 e. The quantitative estimate of drug-likeness (QED) is 0.470. The average molecular weight is 422 g/mol. The lowest BCUT2D eigenvalue weighted by molar-refractivity contribution is -0.124. The molecule has 9 heteroatoms. The highest BCUT2D eigenvalue weighted by Crippen LogP contribution is 2.15. The van der Waals surface area contributed by atoms with Gasteiger partial charge in [0.25, 0.3) is 11.8 Å². The molecular formula is C19H20ClN3O4S. The van der Waals surface area contributed by atoms with E-state index in [1.54, 1.807) is 36.4 Å². The number of aryl methyl sites for hydroxylation is 1. The molecule has 2 aromatic carbocycles. The van der Waals surface area contributed by atoms with Crippen molar-refractivity contribution < 1.29 is 19.1 Å². The number of halogens is 1. The third-order valence-electron chi connectivity index (χ3n) is 3.45. The first-order chi connectivity index (χ1) is 13.5. The Labute approximate surface area is 173 Å². The number of nitrogens with one attached hydrogen (secondary N) is 3. The summed E-state index contributed by atoms with van der Waals surface area (Å²) in [5, 5.41) is 2.90. The van der Waals surface area contributed by atoms with E-state index in [4.69, 9.17) is 33.3 Å². The van der Waals surface area contributed by atoms with E-state index in [2.05, 4.69) is 23.1 Å². The zero-order valence-corrected chi connectivity index (χ0v) is 16.7. The zero-order chi connectivity index (χ0) is 20.4. The molecule has 2 rings (SSSR count). The number of ether oxygens (including phenoxy) is 2. The Morgan fingerprint density at radius 1 is 0.893 bits per heavy atom. The fraction of sp³-hybridized carbons (Fsp3) is 0.211. The van der Waals surface area contributed by atoms with Crippen molar-refractivity contribution in [2.24, 2.45) is 0 Å². The van der Waals surface area contributed by atoms with Gasteiger partial charge in [0, 0.05) is 5.02 Å². The topological polar surface area (TPSA) is 88.7 Å². The summed E-state index contributed by atoms with van der Waals surface area (Å²) in [5.41, 5.74) is 5.91. The van der Waals surface area contributed by atoms with Gasteiger partial charge in [0.1, 0.15) is 11.5 Å². The second-order valence-corrected chi connectivity index (χ2v) is 6.42. The summed E-state index contributed by atoms with van der Waals surface area (Å²) in [5.74, 6) is 0.154. The number of carbonyl (C=O) groups excluding carboxylic acids is 2. The predicted molar refractivity (Wildman–Crippen MR) is 110 cm³/mol. The molecule has 0 aliphatic rings. The van der Waals surface area contributed by atoms with E-state index >= 15 is 0 Å². The van der Waals surface area contributed by atoms with Crippen LogP contribution < -0.4 is 25.6 Å². The number of amides is 2. The van der Waals surface area contributed by atoms with Gasteiger partial charge >= 0.3 is 0 Å². The van der Waals surface area contributed by atoms with E-state index in [0.717, 1.165) is 6.42 Å². The molecule has 0 spiro atoms. The van der Waals surface area contributed by atoms with E-state index in [1.807, 2.05) is 12.1 Å². The Morgan fingerprint density at radius 3 is 2.00 bits per heavy atom. The Balaban J connectivity index is 1.63. The van der Waals surface area contributed by atoms with Crippen LogP contribution in [0, 0.1) is 0 Å². The van der Waals surface area contributed by atoms with Gasteiger partial charge in [-0.2, -0.15) is 0 Å².